The van der Waals surface area contributed by atoms with E-state index in [0.29, 0.717) is 37.1 Å². The number of nitrogens with zero attached hydrogens (tertiary/aromatic N) is 3. The summed E-state index contributed by atoms with van der Waals surface area (Å²) in [7, 11) is 0. The summed E-state index contributed by atoms with van der Waals surface area (Å²) in [6, 6.07) is 6.28. The zero-order chi connectivity index (χ0) is 20.2. The fourth-order valence-electron chi connectivity index (χ4n) is 4.28. The molecule has 0 radical (unpaired) electrons. The van der Waals surface area contributed by atoms with Gasteiger partial charge in [-0.15, -0.1) is 0 Å². The quantitative estimate of drug-likeness (QED) is 0.803. The number of hydrogen-bond donors (Lipinski definition) is 2. The van der Waals surface area contributed by atoms with Gasteiger partial charge in [0, 0.05) is 18.2 Å². The molecular weight excluding hydrogens is 368 g/mol. The van der Waals surface area contributed by atoms with E-state index in [1.165, 1.54) is 5.56 Å². The van der Waals surface area contributed by atoms with E-state index in [1.807, 2.05) is 18.2 Å². The molecule has 0 bridgehead atoms. The van der Waals surface area contributed by atoms with Gasteiger partial charge in [0.05, 0.1) is 19.3 Å². The Balaban J connectivity index is 1.70. The highest BCUT2D eigenvalue weighted by molar-refractivity contribution is 5.76. The van der Waals surface area contributed by atoms with E-state index in [4.69, 9.17) is 25.2 Å². The fourth-order valence-corrected chi connectivity index (χ4v) is 4.28. The summed E-state index contributed by atoms with van der Waals surface area (Å²) < 4.78 is 11.6. The minimum Gasteiger partial charge on any atom is -0.485 e. The summed E-state index contributed by atoms with van der Waals surface area (Å²) in [5.74, 6) is 1.90. The summed E-state index contributed by atoms with van der Waals surface area (Å²) in [5.41, 5.74) is 8.66. The topological polar surface area (TPSA) is 93.7 Å². The molecule has 0 spiro atoms. The maximum atomic E-state index is 10.8. The number of hydrogen-bond acceptors (Lipinski definition) is 7. The molecule has 1 saturated heterocycles. The minimum atomic E-state index is -1.16. The number of nitrogens with two attached hydrogens (primary N) is 1. The molecule has 3 N–H and O–H groups in total. The first-order valence-electron chi connectivity index (χ1n) is 10.1. The monoisotopic (exact) mass is 394 g/mol. The van der Waals surface area contributed by atoms with Crippen LogP contribution in [0.2, 0.25) is 0 Å². The predicted molar refractivity (Wildman–Crippen MR) is 111 cm³/mol. The van der Waals surface area contributed by atoms with Gasteiger partial charge in [0.1, 0.15) is 17.9 Å². The highest BCUT2D eigenvalue weighted by Crippen LogP contribution is 2.42. The molecule has 1 aromatic carbocycles. The van der Waals surface area contributed by atoms with Crippen molar-refractivity contribution >= 4 is 11.9 Å². The number of rotatable bonds is 2. The van der Waals surface area contributed by atoms with Gasteiger partial charge in [0.2, 0.25) is 0 Å². The van der Waals surface area contributed by atoms with Crippen molar-refractivity contribution in [1.29, 1.82) is 0 Å². The second kappa shape index (κ2) is 6.79. The Bertz CT molecular complexity index is 983. The first kappa shape index (κ1) is 18.5. The zero-order valence-corrected chi connectivity index (χ0v) is 16.8. The van der Waals surface area contributed by atoms with Gasteiger partial charge in [-0.3, -0.25) is 0 Å². The molecule has 29 heavy (non-hydrogen) atoms. The van der Waals surface area contributed by atoms with Crippen molar-refractivity contribution in [2.24, 2.45) is 5.73 Å². The lowest BCUT2D eigenvalue weighted by molar-refractivity contribution is 0.0563. The summed E-state index contributed by atoms with van der Waals surface area (Å²) in [5, 5.41) is 10.8. The molecule has 0 saturated carbocycles. The molecule has 2 aliphatic heterocycles. The second-order valence-electron chi connectivity index (χ2n) is 8.45. The van der Waals surface area contributed by atoms with Gasteiger partial charge in [-0.1, -0.05) is 30.4 Å². The van der Waals surface area contributed by atoms with Crippen LogP contribution in [0.5, 0.6) is 5.75 Å². The largest absolute Gasteiger partial charge is 0.485 e. The van der Waals surface area contributed by atoms with Crippen LogP contribution in [0.1, 0.15) is 30.7 Å². The van der Waals surface area contributed by atoms with Crippen LogP contribution >= 0.6 is 0 Å². The number of benzene rings is 1. The van der Waals surface area contributed by atoms with Crippen LogP contribution < -0.4 is 15.4 Å². The van der Waals surface area contributed by atoms with Gasteiger partial charge in [-0.2, -0.15) is 0 Å². The van der Waals surface area contributed by atoms with Gasteiger partial charge in [0.25, 0.3) is 0 Å². The lowest BCUT2D eigenvalue weighted by Gasteiger charge is -2.41. The Morgan fingerprint density at radius 3 is 2.93 bits per heavy atom. The molecule has 0 amide bonds. The van der Waals surface area contributed by atoms with Gasteiger partial charge in [0.15, 0.2) is 17.4 Å². The molecule has 7 heteroatoms. The van der Waals surface area contributed by atoms with E-state index in [0.717, 1.165) is 29.9 Å². The van der Waals surface area contributed by atoms with Crippen molar-refractivity contribution in [1.82, 2.24) is 9.97 Å². The molecule has 1 aliphatic carbocycles. The summed E-state index contributed by atoms with van der Waals surface area (Å²) in [6.07, 6.45) is 4.86. The Morgan fingerprint density at radius 2 is 2.10 bits per heavy atom. The van der Waals surface area contributed by atoms with E-state index in [9.17, 15) is 5.11 Å². The van der Waals surface area contributed by atoms with Crippen LogP contribution in [-0.4, -0.2) is 53.5 Å². The summed E-state index contributed by atoms with van der Waals surface area (Å²) in [6.45, 7) is 5.96. The zero-order valence-electron chi connectivity index (χ0n) is 16.8. The molecule has 5 rings (SSSR count). The van der Waals surface area contributed by atoms with E-state index >= 15 is 0 Å². The van der Waals surface area contributed by atoms with E-state index in [2.05, 4.69) is 17.0 Å². The van der Waals surface area contributed by atoms with Crippen molar-refractivity contribution in [2.75, 3.05) is 31.3 Å². The minimum absolute atomic E-state index is 0.0247. The maximum absolute atomic E-state index is 10.8. The van der Waals surface area contributed by atoms with Crippen LogP contribution in [0.4, 0.5) is 5.82 Å². The summed E-state index contributed by atoms with van der Waals surface area (Å²) in [4.78, 5) is 11.9. The summed E-state index contributed by atoms with van der Waals surface area (Å²) >= 11 is 0. The second-order valence-corrected chi connectivity index (χ2v) is 8.45. The van der Waals surface area contributed by atoms with Crippen molar-refractivity contribution in [3.63, 3.8) is 0 Å². The molecule has 2 atom stereocenters. The molecule has 152 valence electrons. The molecule has 1 unspecified atom stereocenters. The van der Waals surface area contributed by atoms with Crippen molar-refractivity contribution in [3.8, 4) is 17.1 Å². The first-order valence-corrected chi connectivity index (χ1v) is 10.1. The average Bonchev–Trinajstić information content (AvgIpc) is 2.71. The molecule has 1 aromatic heterocycles. The third-order valence-corrected chi connectivity index (χ3v) is 5.75. The van der Waals surface area contributed by atoms with Crippen LogP contribution in [-0.2, 0) is 16.8 Å². The smallest absolute Gasteiger partial charge is 0.186 e. The van der Waals surface area contributed by atoms with E-state index < -0.39 is 5.60 Å². The van der Waals surface area contributed by atoms with Crippen LogP contribution in [0.25, 0.3) is 17.5 Å². The predicted octanol–water partition coefficient (Wildman–Crippen LogP) is 1.87. The molecule has 2 aromatic rings. The van der Waals surface area contributed by atoms with Crippen molar-refractivity contribution in [3.05, 3.63) is 41.1 Å². The van der Waals surface area contributed by atoms with Gasteiger partial charge < -0.3 is 25.2 Å². The van der Waals surface area contributed by atoms with Crippen LogP contribution in [0, 0.1) is 0 Å². The lowest BCUT2D eigenvalue weighted by Crippen LogP contribution is -2.52. The SMILES string of the molecule is CC(C)(O)c1nc(-c2cccc3c2C=C[C@@H](N)C3)nc2c1OCC1COCCN21. The highest BCUT2D eigenvalue weighted by atomic mass is 16.5. The van der Waals surface area contributed by atoms with Gasteiger partial charge >= 0.3 is 0 Å². The maximum Gasteiger partial charge on any atom is 0.186 e. The van der Waals surface area contributed by atoms with Crippen LogP contribution in [0.15, 0.2) is 24.3 Å². The Kier molecular flexibility index (Phi) is 4.34. The fraction of sp³-hybridized carbons (Fsp3) is 0.455. The lowest BCUT2D eigenvalue weighted by atomic mass is 9.90. The average molecular weight is 394 g/mol. The molecular formula is C22H26N4O3. The first-order chi connectivity index (χ1) is 13.9. The number of fused-ring (bicyclic) bond motifs is 4. The number of aromatic nitrogens is 2. The number of morpholine rings is 1. The van der Waals surface area contributed by atoms with Crippen LogP contribution in [0.3, 0.4) is 0 Å². The number of anilines is 1. The highest BCUT2D eigenvalue weighted by Gasteiger charge is 2.37. The third kappa shape index (κ3) is 3.19. The Labute approximate surface area is 170 Å². The Morgan fingerprint density at radius 1 is 1.24 bits per heavy atom. The molecule has 7 nitrogen and oxygen atoms in total. The molecule has 3 aliphatic rings. The van der Waals surface area contributed by atoms with E-state index in [-0.39, 0.29) is 12.1 Å². The van der Waals surface area contributed by atoms with Crippen molar-refractivity contribution in [2.45, 2.75) is 38.0 Å². The molecule has 1 fully saturated rings. The van der Waals surface area contributed by atoms with Crippen molar-refractivity contribution < 1.29 is 14.6 Å². The normalized spacial score (nSPS) is 23.1. The van der Waals surface area contributed by atoms with Gasteiger partial charge in [-0.25, -0.2) is 9.97 Å². The van der Waals surface area contributed by atoms with Gasteiger partial charge in [-0.05, 0) is 31.4 Å². The van der Waals surface area contributed by atoms with E-state index in [1.54, 1.807) is 13.8 Å². The standard InChI is InChI=1S/C22H26N4O3/c1-22(2,27)19-18-21(26-8-9-28-11-15(26)12-29-18)25-20(24-19)17-5-3-4-13-10-14(23)6-7-16(13)17/h3-7,14-15,27H,8-12,23H2,1-2H3/t14-,15?/m1/s1. The third-order valence-electron chi connectivity index (χ3n) is 5.75. The number of aliphatic hydroxyl groups is 1. The Hall–Kier alpha value is -2.48. The molecule has 3 heterocycles. The number of ether oxygens (including phenoxy) is 2.